The van der Waals surface area contributed by atoms with Gasteiger partial charge in [-0.1, -0.05) is 0 Å². The zero-order valence-electron chi connectivity index (χ0n) is 15.3. The molecule has 0 aliphatic carbocycles. The highest BCUT2D eigenvalue weighted by Crippen LogP contribution is 2.27. The van der Waals surface area contributed by atoms with Crippen molar-refractivity contribution in [3.8, 4) is 11.5 Å². The molecule has 27 heavy (non-hydrogen) atoms. The van der Waals surface area contributed by atoms with Gasteiger partial charge in [-0.2, -0.15) is 5.10 Å². The third-order valence-corrected chi connectivity index (χ3v) is 3.51. The van der Waals surface area contributed by atoms with Crippen LogP contribution in [-0.4, -0.2) is 38.3 Å². The molecule has 8 heteroatoms. The number of furan rings is 1. The molecule has 0 fully saturated rings. The first-order valence-electron chi connectivity index (χ1n) is 8.08. The van der Waals surface area contributed by atoms with Crippen LogP contribution in [0.4, 0.5) is 0 Å². The normalized spacial score (nSPS) is 11.3. The van der Waals surface area contributed by atoms with Gasteiger partial charge in [0.1, 0.15) is 5.76 Å². The lowest BCUT2D eigenvalue weighted by Gasteiger charge is -2.09. The monoisotopic (exact) mass is 371 g/mol. The Labute approximate surface area is 156 Å². The predicted octanol–water partition coefficient (Wildman–Crippen LogP) is 1.97. The van der Waals surface area contributed by atoms with Crippen molar-refractivity contribution in [3.05, 3.63) is 54.0 Å². The van der Waals surface area contributed by atoms with E-state index in [4.69, 9.17) is 13.9 Å². The maximum atomic E-state index is 11.8. The average Bonchev–Trinajstić information content (AvgIpc) is 3.21. The van der Waals surface area contributed by atoms with Crippen molar-refractivity contribution >= 4 is 23.6 Å². The molecule has 142 valence electrons. The zero-order valence-corrected chi connectivity index (χ0v) is 15.3. The van der Waals surface area contributed by atoms with Gasteiger partial charge in [-0.3, -0.25) is 9.59 Å². The first-order chi connectivity index (χ1) is 13.0. The topological polar surface area (TPSA) is 102 Å². The molecule has 2 N–H and O–H groups in total. The Morgan fingerprint density at radius 1 is 1.19 bits per heavy atom. The van der Waals surface area contributed by atoms with Gasteiger partial charge in [0.25, 0.3) is 5.91 Å². The zero-order chi connectivity index (χ0) is 19.6. The van der Waals surface area contributed by atoms with Crippen LogP contribution >= 0.6 is 0 Å². The molecule has 0 radical (unpaired) electrons. The number of amides is 2. The highest BCUT2D eigenvalue weighted by molar-refractivity contribution is 6.00. The minimum absolute atomic E-state index is 0.204. The van der Waals surface area contributed by atoms with Gasteiger partial charge in [-0.05, 0) is 43.3 Å². The molecule has 0 saturated heterocycles. The number of benzene rings is 1. The summed E-state index contributed by atoms with van der Waals surface area (Å²) in [6.45, 7) is 1.54. The Balaban J connectivity index is 1.85. The lowest BCUT2D eigenvalue weighted by molar-refractivity contribution is -0.123. The maximum Gasteiger partial charge on any atom is 0.259 e. The van der Waals surface area contributed by atoms with Gasteiger partial charge < -0.3 is 19.2 Å². The summed E-state index contributed by atoms with van der Waals surface area (Å²) < 4.78 is 15.5. The van der Waals surface area contributed by atoms with Crippen LogP contribution in [0, 0.1) is 0 Å². The van der Waals surface area contributed by atoms with Crippen molar-refractivity contribution in [1.82, 2.24) is 10.7 Å². The molecular weight excluding hydrogens is 350 g/mol. The second kappa shape index (κ2) is 9.81. The lowest BCUT2D eigenvalue weighted by atomic mass is 10.1. The summed E-state index contributed by atoms with van der Waals surface area (Å²) in [6, 6.07) is 8.73. The van der Waals surface area contributed by atoms with E-state index >= 15 is 0 Å². The standard InChI is InChI=1S/C19H21N3O5/c1-13(14-6-8-16(25-2)17(11-14)26-3)21-22-19(24)12-20-18(23)9-7-15-5-4-10-27-15/h4-11H,12H2,1-3H3,(H,20,23)(H,22,24)/b9-7-,21-13+. The summed E-state index contributed by atoms with van der Waals surface area (Å²) in [6.07, 6.45) is 4.29. The first kappa shape index (κ1) is 19.8. The Morgan fingerprint density at radius 2 is 1.96 bits per heavy atom. The molecule has 1 heterocycles. The molecule has 0 aliphatic heterocycles. The smallest absolute Gasteiger partial charge is 0.259 e. The Hall–Kier alpha value is -3.55. The van der Waals surface area contributed by atoms with Crippen molar-refractivity contribution in [2.24, 2.45) is 5.10 Å². The Morgan fingerprint density at radius 3 is 2.63 bits per heavy atom. The molecule has 0 spiro atoms. The van der Waals surface area contributed by atoms with E-state index < -0.39 is 11.8 Å². The predicted molar refractivity (Wildman–Crippen MR) is 101 cm³/mol. The molecule has 0 saturated carbocycles. The molecule has 2 aromatic rings. The summed E-state index contributed by atoms with van der Waals surface area (Å²) in [5, 5.41) is 6.48. The van der Waals surface area contributed by atoms with Crippen molar-refractivity contribution < 1.29 is 23.5 Å². The van der Waals surface area contributed by atoms with E-state index in [0.29, 0.717) is 23.0 Å². The fourth-order valence-electron chi connectivity index (χ4n) is 2.08. The third-order valence-electron chi connectivity index (χ3n) is 3.51. The summed E-state index contributed by atoms with van der Waals surface area (Å²) in [4.78, 5) is 23.5. The summed E-state index contributed by atoms with van der Waals surface area (Å²) in [7, 11) is 3.09. The Kier molecular flexibility index (Phi) is 7.18. The number of ether oxygens (including phenoxy) is 2. The minimum atomic E-state index is -0.449. The van der Waals surface area contributed by atoms with E-state index in [-0.39, 0.29) is 6.54 Å². The second-order valence-corrected chi connectivity index (χ2v) is 5.37. The number of hydrogen-bond donors (Lipinski definition) is 2. The van der Waals surface area contributed by atoms with E-state index in [9.17, 15) is 9.59 Å². The van der Waals surface area contributed by atoms with E-state index in [1.54, 1.807) is 51.5 Å². The van der Waals surface area contributed by atoms with Gasteiger partial charge in [-0.15, -0.1) is 0 Å². The van der Waals surface area contributed by atoms with Gasteiger partial charge >= 0.3 is 0 Å². The number of methoxy groups -OCH3 is 2. The summed E-state index contributed by atoms with van der Waals surface area (Å²) in [5.74, 6) is 0.844. The maximum absolute atomic E-state index is 11.8. The van der Waals surface area contributed by atoms with Gasteiger partial charge in [0.15, 0.2) is 11.5 Å². The molecule has 1 aromatic carbocycles. The molecule has 8 nitrogen and oxygen atoms in total. The van der Waals surface area contributed by atoms with Crippen molar-refractivity contribution in [3.63, 3.8) is 0 Å². The first-order valence-corrected chi connectivity index (χ1v) is 8.08. The number of carbonyl (C=O) groups is 2. The van der Waals surface area contributed by atoms with Gasteiger partial charge in [-0.25, -0.2) is 5.43 Å². The molecule has 0 aliphatic rings. The van der Waals surface area contributed by atoms with E-state index in [0.717, 1.165) is 5.56 Å². The molecule has 0 bridgehead atoms. The van der Waals surface area contributed by atoms with Crippen LogP contribution in [0.3, 0.4) is 0 Å². The van der Waals surface area contributed by atoms with Crippen molar-refractivity contribution in [2.75, 3.05) is 20.8 Å². The molecule has 1 aromatic heterocycles. The third kappa shape index (κ3) is 6.03. The quantitative estimate of drug-likeness (QED) is 0.420. The number of hydrogen-bond acceptors (Lipinski definition) is 6. The van der Waals surface area contributed by atoms with Crippen LogP contribution in [0.25, 0.3) is 6.08 Å². The van der Waals surface area contributed by atoms with E-state index in [1.807, 2.05) is 0 Å². The molecule has 2 amide bonds. The van der Waals surface area contributed by atoms with Gasteiger partial charge in [0.05, 0.1) is 32.7 Å². The van der Waals surface area contributed by atoms with Crippen molar-refractivity contribution in [2.45, 2.75) is 6.92 Å². The molecular formula is C19H21N3O5. The fraction of sp³-hybridized carbons (Fsp3) is 0.211. The van der Waals surface area contributed by atoms with Crippen LogP contribution in [0.15, 0.2) is 52.2 Å². The number of carbonyl (C=O) groups excluding carboxylic acids is 2. The van der Waals surface area contributed by atoms with Crippen LogP contribution < -0.4 is 20.2 Å². The average molecular weight is 371 g/mol. The number of nitrogens with one attached hydrogen (secondary N) is 2. The van der Waals surface area contributed by atoms with Crippen LogP contribution in [0.5, 0.6) is 11.5 Å². The Bertz CT molecular complexity index is 841. The SMILES string of the molecule is COc1ccc(/C(C)=N/NC(=O)CNC(=O)/C=C\c2ccco2)cc1OC. The lowest BCUT2D eigenvalue weighted by Crippen LogP contribution is -2.34. The largest absolute Gasteiger partial charge is 0.493 e. The molecule has 2 rings (SSSR count). The highest BCUT2D eigenvalue weighted by atomic mass is 16.5. The minimum Gasteiger partial charge on any atom is -0.493 e. The van der Waals surface area contributed by atoms with Crippen LogP contribution in [0.2, 0.25) is 0 Å². The van der Waals surface area contributed by atoms with Gasteiger partial charge in [0, 0.05) is 11.6 Å². The molecule has 0 atom stereocenters. The number of rotatable bonds is 8. The fourth-order valence-corrected chi connectivity index (χ4v) is 2.08. The summed E-state index contributed by atoms with van der Waals surface area (Å²) >= 11 is 0. The van der Waals surface area contributed by atoms with Crippen LogP contribution in [0.1, 0.15) is 18.2 Å². The highest BCUT2D eigenvalue weighted by Gasteiger charge is 2.07. The number of hydrazone groups is 1. The van der Waals surface area contributed by atoms with E-state index in [2.05, 4.69) is 15.8 Å². The number of nitrogens with zero attached hydrogens (tertiary/aromatic N) is 1. The van der Waals surface area contributed by atoms with Crippen molar-refractivity contribution in [1.29, 1.82) is 0 Å². The summed E-state index contributed by atoms with van der Waals surface area (Å²) in [5.41, 5.74) is 3.73. The second-order valence-electron chi connectivity index (χ2n) is 5.37. The van der Waals surface area contributed by atoms with Crippen LogP contribution in [-0.2, 0) is 9.59 Å². The molecule has 0 unspecified atom stereocenters. The van der Waals surface area contributed by atoms with Gasteiger partial charge in [0.2, 0.25) is 5.91 Å². The van der Waals surface area contributed by atoms with E-state index in [1.165, 1.54) is 18.4 Å².